The summed E-state index contributed by atoms with van der Waals surface area (Å²) < 4.78 is 12.1. The summed E-state index contributed by atoms with van der Waals surface area (Å²) in [6, 6.07) is 0. The molecule has 1 unspecified atom stereocenters. The molecule has 0 aromatic heterocycles. The largest absolute Gasteiger partial charge is 0.461 e. The number of hydrogen-bond donors (Lipinski definition) is 1. The van der Waals surface area contributed by atoms with E-state index >= 15 is 0 Å². The average Bonchev–Trinajstić information content (AvgIpc) is 2.47. The van der Waals surface area contributed by atoms with Crippen molar-refractivity contribution in [1.82, 2.24) is 5.32 Å². The lowest BCUT2D eigenvalue weighted by Crippen LogP contribution is -2.41. The van der Waals surface area contributed by atoms with Gasteiger partial charge in [-0.25, -0.2) is 0 Å². The van der Waals surface area contributed by atoms with Crippen LogP contribution in [0.5, 0.6) is 0 Å². The third-order valence-electron chi connectivity index (χ3n) is 4.74. The summed E-state index contributed by atoms with van der Waals surface area (Å²) >= 11 is 0. The Morgan fingerprint density at radius 2 is 1.47 bits per heavy atom. The Hall–Kier alpha value is -0.0551. The van der Waals surface area contributed by atoms with E-state index in [1.807, 2.05) is 0 Å². The standard InChI is InChI=1S/C11H20BNO2/c1-10(2)11(3,4)15-12(14-10)9-7-5-13-6-8(7)9/h7-9,13H,5-6H2,1-4H3/t7-,8+,9?. The molecule has 15 heavy (non-hydrogen) atoms. The molecule has 3 fully saturated rings. The lowest BCUT2D eigenvalue weighted by atomic mass is 9.79. The molecule has 0 aromatic carbocycles. The second kappa shape index (κ2) is 2.79. The van der Waals surface area contributed by atoms with Gasteiger partial charge < -0.3 is 14.6 Å². The molecule has 0 spiro atoms. The first-order valence-corrected chi connectivity index (χ1v) is 5.99. The second-order valence-electron chi connectivity index (χ2n) is 6.19. The normalized spacial score (nSPS) is 45.6. The van der Waals surface area contributed by atoms with Crippen molar-refractivity contribution in [2.24, 2.45) is 11.8 Å². The summed E-state index contributed by atoms with van der Waals surface area (Å²) in [5.41, 5.74) is -0.329. The van der Waals surface area contributed by atoms with Crippen LogP contribution in [-0.4, -0.2) is 31.4 Å². The Morgan fingerprint density at radius 1 is 1.00 bits per heavy atom. The number of nitrogens with one attached hydrogen (secondary N) is 1. The quantitative estimate of drug-likeness (QED) is 0.660. The van der Waals surface area contributed by atoms with Crippen LogP contribution in [0.25, 0.3) is 0 Å². The van der Waals surface area contributed by atoms with Gasteiger partial charge in [-0.05, 0) is 52.6 Å². The number of hydrogen-bond acceptors (Lipinski definition) is 3. The molecule has 0 bridgehead atoms. The van der Waals surface area contributed by atoms with Gasteiger partial charge in [0.05, 0.1) is 11.2 Å². The van der Waals surface area contributed by atoms with Crippen molar-refractivity contribution in [1.29, 1.82) is 0 Å². The van der Waals surface area contributed by atoms with Crippen molar-refractivity contribution in [3.8, 4) is 0 Å². The minimum absolute atomic E-state index is 0.0344. The van der Waals surface area contributed by atoms with Gasteiger partial charge in [-0.1, -0.05) is 0 Å². The first-order chi connectivity index (χ1) is 6.92. The molecule has 1 saturated carbocycles. The zero-order valence-corrected chi connectivity index (χ0v) is 10.0. The van der Waals surface area contributed by atoms with Gasteiger partial charge in [0.2, 0.25) is 0 Å². The minimum Gasteiger partial charge on any atom is -0.403 e. The summed E-state index contributed by atoms with van der Waals surface area (Å²) in [7, 11) is 0.0344. The van der Waals surface area contributed by atoms with Gasteiger partial charge >= 0.3 is 7.12 Å². The highest BCUT2D eigenvalue weighted by Gasteiger charge is 2.65. The number of piperidine rings is 1. The van der Waals surface area contributed by atoms with Crippen LogP contribution in [0.2, 0.25) is 5.82 Å². The average molecular weight is 209 g/mol. The van der Waals surface area contributed by atoms with Gasteiger partial charge in [-0.3, -0.25) is 0 Å². The van der Waals surface area contributed by atoms with E-state index in [4.69, 9.17) is 9.31 Å². The van der Waals surface area contributed by atoms with E-state index in [9.17, 15) is 0 Å². The van der Waals surface area contributed by atoms with E-state index < -0.39 is 0 Å². The maximum absolute atomic E-state index is 6.07. The van der Waals surface area contributed by atoms with Gasteiger partial charge in [0, 0.05) is 5.82 Å². The van der Waals surface area contributed by atoms with Crippen molar-refractivity contribution < 1.29 is 9.31 Å². The van der Waals surface area contributed by atoms with Crippen LogP contribution in [0.1, 0.15) is 27.7 Å². The van der Waals surface area contributed by atoms with Gasteiger partial charge in [-0.2, -0.15) is 0 Å². The lowest BCUT2D eigenvalue weighted by Gasteiger charge is -2.32. The van der Waals surface area contributed by atoms with Crippen LogP contribution < -0.4 is 5.32 Å². The zero-order chi connectivity index (χ0) is 10.8. The molecule has 1 N–H and O–H groups in total. The molecule has 3 rings (SSSR count). The third kappa shape index (κ3) is 1.31. The Kier molecular flexibility index (Phi) is 1.88. The molecular formula is C11H20BNO2. The first-order valence-electron chi connectivity index (χ1n) is 5.99. The second-order valence-corrected chi connectivity index (χ2v) is 6.19. The van der Waals surface area contributed by atoms with Gasteiger partial charge in [0.1, 0.15) is 0 Å². The van der Waals surface area contributed by atoms with Crippen molar-refractivity contribution in [3.05, 3.63) is 0 Å². The topological polar surface area (TPSA) is 30.5 Å². The SMILES string of the molecule is CC1(C)OB(C2[C@H]3CNC[C@@H]23)OC1(C)C. The summed E-state index contributed by atoms with van der Waals surface area (Å²) in [6.07, 6.45) is 0. The zero-order valence-electron chi connectivity index (χ0n) is 10.0. The molecule has 2 saturated heterocycles. The van der Waals surface area contributed by atoms with E-state index in [-0.39, 0.29) is 18.3 Å². The summed E-state index contributed by atoms with van der Waals surface area (Å²) in [4.78, 5) is 0. The summed E-state index contributed by atoms with van der Waals surface area (Å²) in [6.45, 7) is 10.8. The van der Waals surface area contributed by atoms with E-state index in [0.717, 1.165) is 24.9 Å². The molecule has 2 aliphatic heterocycles. The number of rotatable bonds is 1. The Bertz CT molecular complexity index is 266. The van der Waals surface area contributed by atoms with Crippen molar-refractivity contribution in [2.75, 3.05) is 13.1 Å². The highest BCUT2D eigenvalue weighted by molar-refractivity contribution is 6.49. The predicted octanol–water partition coefficient (Wildman–Crippen LogP) is 1.30. The molecule has 4 heteroatoms. The maximum Gasteiger partial charge on any atom is 0.461 e. The van der Waals surface area contributed by atoms with Crippen molar-refractivity contribution in [2.45, 2.75) is 44.7 Å². The monoisotopic (exact) mass is 209 g/mol. The molecular weight excluding hydrogens is 189 g/mol. The maximum atomic E-state index is 6.07. The Morgan fingerprint density at radius 3 is 1.93 bits per heavy atom. The molecule has 3 atom stereocenters. The fourth-order valence-electron chi connectivity index (χ4n) is 2.92. The third-order valence-corrected chi connectivity index (χ3v) is 4.74. The van der Waals surface area contributed by atoms with Gasteiger partial charge in [0.25, 0.3) is 0 Å². The summed E-state index contributed by atoms with van der Waals surface area (Å²) in [5, 5.41) is 3.41. The van der Waals surface area contributed by atoms with Crippen molar-refractivity contribution in [3.63, 3.8) is 0 Å². The molecule has 3 nitrogen and oxygen atoms in total. The highest BCUT2D eigenvalue weighted by Crippen LogP contribution is 2.59. The van der Waals surface area contributed by atoms with Gasteiger partial charge in [-0.15, -0.1) is 0 Å². The minimum atomic E-state index is -0.165. The van der Waals surface area contributed by atoms with Gasteiger partial charge in [0.15, 0.2) is 0 Å². The summed E-state index contributed by atoms with van der Waals surface area (Å²) in [5.74, 6) is 2.26. The smallest absolute Gasteiger partial charge is 0.403 e. The van der Waals surface area contributed by atoms with Crippen LogP contribution in [0, 0.1) is 11.8 Å². The molecule has 84 valence electrons. The van der Waals surface area contributed by atoms with E-state index in [1.165, 1.54) is 0 Å². The van der Waals surface area contributed by atoms with Crippen LogP contribution in [0.15, 0.2) is 0 Å². The molecule has 0 aromatic rings. The van der Waals surface area contributed by atoms with Crippen molar-refractivity contribution >= 4 is 7.12 Å². The highest BCUT2D eigenvalue weighted by atomic mass is 16.7. The van der Waals surface area contributed by atoms with E-state index in [1.54, 1.807) is 0 Å². The lowest BCUT2D eigenvalue weighted by molar-refractivity contribution is 0.00578. The fourth-order valence-corrected chi connectivity index (χ4v) is 2.92. The Labute approximate surface area is 92.0 Å². The fraction of sp³-hybridized carbons (Fsp3) is 1.00. The molecule has 0 amide bonds. The Balaban J connectivity index is 1.72. The number of fused-ring (bicyclic) bond motifs is 1. The molecule has 3 aliphatic rings. The van der Waals surface area contributed by atoms with Crippen LogP contribution in [-0.2, 0) is 9.31 Å². The van der Waals surface area contributed by atoms with Crippen LogP contribution in [0.3, 0.4) is 0 Å². The molecule has 1 aliphatic carbocycles. The van der Waals surface area contributed by atoms with Crippen LogP contribution >= 0.6 is 0 Å². The van der Waals surface area contributed by atoms with Crippen LogP contribution in [0.4, 0.5) is 0 Å². The first kappa shape index (κ1) is 10.1. The van der Waals surface area contributed by atoms with E-state index in [0.29, 0.717) is 5.82 Å². The molecule has 0 radical (unpaired) electrons. The molecule has 2 heterocycles. The predicted molar refractivity (Wildman–Crippen MR) is 59.7 cm³/mol. The van der Waals surface area contributed by atoms with E-state index in [2.05, 4.69) is 33.0 Å².